The number of anilines is 1. The van der Waals surface area contributed by atoms with Crippen LogP contribution in [-0.4, -0.2) is 63.2 Å². The molecule has 0 saturated heterocycles. The third-order valence-electron chi connectivity index (χ3n) is 5.81. The average molecular weight is 552 g/mol. The van der Waals surface area contributed by atoms with Crippen molar-refractivity contribution < 1.29 is 27.5 Å². The van der Waals surface area contributed by atoms with Crippen molar-refractivity contribution in [2.24, 2.45) is 0 Å². The van der Waals surface area contributed by atoms with Gasteiger partial charge in [-0.25, -0.2) is 8.42 Å². The Morgan fingerprint density at radius 2 is 1.76 bits per heavy atom. The Morgan fingerprint density at radius 1 is 1.05 bits per heavy atom. The number of halogens is 1. The molecule has 2 aromatic carbocycles. The second kappa shape index (κ2) is 12.5. The molecule has 0 saturated carbocycles. The molecule has 0 radical (unpaired) electrons. The van der Waals surface area contributed by atoms with Crippen molar-refractivity contribution in [3.05, 3.63) is 53.1 Å². The molecular weight excluding hydrogens is 518 g/mol. The van der Waals surface area contributed by atoms with Gasteiger partial charge in [-0.05, 0) is 57.0 Å². The molecular formula is C26H34ClN3O6S. The molecule has 2 amide bonds. The van der Waals surface area contributed by atoms with Crippen LogP contribution in [0.3, 0.4) is 0 Å². The summed E-state index contributed by atoms with van der Waals surface area (Å²) in [6.45, 7) is 6.49. The van der Waals surface area contributed by atoms with E-state index in [1.54, 1.807) is 43.3 Å². The SMILES string of the molecule is CC(C)NC(=O)[C@@H](C)N(Cc1cccc(Cl)c1)C(=O)CCCN(c1ccc2c(c1)OCCO2)S(C)(=O)=O. The van der Waals surface area contributed by atoms with Crippen LogP contribution < -0.4 is 19.1 Å². The van der Waals surface area contributed by atoms with Gasteiger partial charge in [0.15, 0.2) is 11.5 Å². The highest BCUT2D eigenvalue weighted by molar-refractivity contribution is 7.92. The fourth-order valence-corrected chi connectivity index (χ4v) is 5.18. The largest absolute Gasteiger partial charge is 0.486 e. The van der Waals surface area contributed by atoms with Crippen LogP contribution in [0.25, 0.3) is 0 Å². The summed E-state index contributed by atoms with van der Waals surface area (Å²) >= 11 is 6.12. The number of hydrogen-bond acceptors (Lipinski definition) is 6. The molecule has 3 rings (SSSR count). The molecule has 0 aromatic heterocycles. The van der Waals surface area contributed by atoms with E-state index >= 15 is 0 Å². The lowest BCUT2D eigenvalue weighted by molar-refractivity contribution is -0.140. The molecule has 202 valence electrons. The van der Waals surface area contributed by atoms with Gasteiger partial charge in [-0.2, -0.15) is 0 Å². The van der Waals surface area contributed by atoms with E-state index in [1.807, 2.05) is 19.9 Å². The number of amides is 2. The zero-order chi connectivity index (χ0) is 27.2. The third kappa shape index (κ3) is 8.00. The average Bonchev–Trinajstić information content (AvgIpc) is 2.83. The number of rotatable bonds is 11. The van der Waals surface area contributed by atoms with Gasteiger partial charge in [0.05, 0.1) is 11.9 Å². The van der Waals surface area contributed by atoms with E-state index in [-0.39, 0.29) is 43.8 Å². The summed E-state index contributed by atoms with van der Waals surface area (Å²) < 4.78 is 37.5. The van der Waals surface area contributed by atoms with Gasteiger partial charge < -0.3 is 19.7 Å². The summed E-state index contributed by atoms with van der Waals surface area (Å²) in [5.74, 6) is 0.511. The smallest absolute Gasteiger partial charge is 0.242 e. The van der Waals surface area contributed by atoms with Crippen molar-refractivity contribution in [2.75, 3.05) is 30.3 Å². The molecule has 2 aromatic rings. The molecule has 1 N–H and O–H groups in total. The Balaban J connectivity index is 1.74. The minimum Gasteiger partial charge on any atom is -0.486 e. The monoisotopic (exact) mass is 551 g/mol. The maximum absolute atomic E-state index is 13.3. The molecule has 0 aliphatic carbocycles. The van der Waals surface area contributed by atoms with E-state index in [2.05, 4.69) is 5.32 Å². The van der Waals surface area contributed by atoms with Gasteiger partial charge in [0.25, 0.3) is 0 Å². The van der Waals surface area contributed by atoms with Crippen LogP contribution in [0.5, 0.6) is 11.5 Å². The second-order valence-corrected chi connectivity index (χ2v) is 11.6. The lowest BCUT2D eigenvalue weighted by Crippen LogP contribution is -2.49. The molecule has 0 fully saturated rings. The molecule has 0 bridgehead atoms. The van der Waals surface area contributed by atoms with Crippen LogP contribution in [0.15, 0.2) is 42.5 Å². The number of carbonyl (C=O) groups excluding carboxylic acids is 2. The molecule has 1 heterocycles. The topological polar surface area (TPSA) is 105 Å². The van der Waals surface area contributed by atoms with Gasteiger partial charge in [-0.1, -0.05) is 23.7 Å². The quantitative estimate of drug-likeness (QED) is 0.457. The van der Waals surface area contributed by atoms with Gasteiger partial charge in [0.2, 0.25) is 21.8 Å². The molecule has 1 aliphatic heterocycles. The van der Waals surface area contributed by atoms with E-state index in [1.165, 1.54) is 9.21 Å². The Kier molecular flexibility index (Phi) is 9.67. The first-order chi connectivity index (χ1) is 17.5. The number of nitrogens with zero attached hydrogens (tertiary/aromatic N) is 2. The number of sulfonamides is 1. The number of nitrogens with one attached hydrogen (secondary N) is 1. The molecule has 0 spiro atoms. The van der Waals surface area contributed by atoms with Gasteiger partial charge in [-0.3, -0.25) is 13.9 Å². The van der Waals surface area contributed by atoms with Crippen LogP contribution in [0.2, 0.25) is 5.02 Å². The van der Waals surface area contributed by atoms with Crippen molar-refractivity contribution in [1.29, 1.82) is 0 Å². The minimum absolute atomic E-state index is 0.0520. The summed E-state index contributed by atoms with van der Waals surface area (Å²) in [6, 6.07) is 11.3. The Labute approximate surface area is 223 Å². The van der Waals surface area contributed by atoms with Gasteiger partial charge >= 0.3 is 0 Å². The fraction of sp³-hybridized carbons (Fsp3) is 0.462. The highest BCUT2D eigenvalue weighted by Crippen LogP contribution is 2.34. The summed E-state index contributed by atoms with van der Waals surface area (Å²) in [5.41, 5.74) is 1.22. The van der Waals surface area contributed by atoms with E-state index in [0.29, 0.717) is 35.4 Å². The van der Waals surface area contributed by atoms with Crippen LogP contribution in [0.1, 0.15) is 39.2 Å². The summed E-state index contributed by atoms with van der Waals surface area (Å²) in [5, 5.41) is 3.38. The predicted molar refractivity (Wildman–Crippen MR) is 144 cm³/mol. The van der Waals surface area contributed by atoms with E-state index in [9.17, 15) is 18.0 Å². The van der Waals surface area contributed by atoms with Crippen molar-refractivity contribution >= 4 is 39.1 Å². The van der Waals surface area contributed by atoms with Crippen molar-refractivity contribution in [2.45, 2.75) is 52.2 Å². The summed E-state index contributed by atoms with van der Waals surface area (Å²) in [6.07, 6.45) is 1.43. The van der Waals surface area contributed by atoms with Crippen molar-refractivity contribution in [1.82, 2.24) is 10.2 Å². The number of carbonyl (C=O) groups is 2. The van der Waals surface area contributed by atoms with Crippen LogP contribution in [-0.2, 0) is 26.2 Å². The fourth-order valence-electron chi connectivity index (χ4n) is 4.01. The Bertz CT molecular complexity index is 1220. The molecule has 9 nitrogen and oxygen atoms in total. The predicted octanol–water partition coefficient (Wildman–Crippen LogP) is 3.60. The van der Waals surface area contributed by atoms with Crippen molar-refractivity contribution in [3.63, 3.8) is 0 Å². The number of fused-ring (bicyclic) bond motifs is 1. The third-order valence-corrected chi connectivity index (χ3v) is 7.24. The molecule has 1 atom stereocenters. The van der Waals surface area contributed by atoms with E-state index in [0.717, 1.165) is 11.8 Å². The maximum Gasteiger partial charge on any atom is 0.242 e. The number of ether oxygens (including phenoxy) is 2. The number of hydrogen-bond donors (Lipinski definition) is 1. The lowest BCUT2D eigenvalue weighted by atomic mass is 10.1. The van der Waals surface area contributed by atoms with Gasteiger partial charge in [0, 0.05) is 36.6 Å². The first kappa shape index (κ1) is 28.6. The van der Waals surface area contributed by atoms with E-state index in [4.69, 9.17) is 21.1 Å². The zero-order valence-electron chi connectivity index (χ0n) is 21.6. The van der Waals surface area contributed by atoms with Gasteiger partial charge in [-0.15, -0.1) is 0 Å². The second-order valence-electron chi connectivity index (χ2n) is 9.26. The van der Waals surface area contributed by atoms with Gasteiger partial charge in [0.1, 0.15) is 19.3 Å². The summed E-state index contributed by atoms with van der Waals surface area (Å²) in [4.78, 5) is 27.6. The minimum atomic E-state index is -3.63. The highest BCUT2D eigenvalue weighted by Gasteiger charge is 2.27. The Morgan fingerprint density at radius 3 is 2.41 bits per heavy atom. The normalized spacial score (nSPS) is 13.7. The standard InChI is InChI=1S/C26H34ClN3O6S/c1-18(2)28-26(32)19(3)29(17-20-7-5-8-21(27)15-20)25(31)9-6-12-30(37(4,33)34)22-10-11-23-24(16-22)36-14-13-35-23/h5,7-8,10-11,15-16,18-19H,6,9,12-14,17H2,1-4H3,(H,28,32)/t19-/m1/s1. The van der Waals surface area contributed by atoms with Crippen LogP contribution in [0, 0.1) is 0 Å². The first-order valence-corrected chi connectivity index (χ1v) is 14.4. The maximum atomic E-state index is 13.3. The Hall–Kier alpha value is -2.98. The first-order valence-electron chi connectivity index (χ1n) is 12.2. The van der Waals surface area contributed by atoms with Crippen molar-refractivity contribution in [3.8, 4) is 11.5 Å². The highest BCUT2D eigenvalue weighted by atomic mass is 35.5. The van der Waals surface area contributed by atoms with E-state index < -0.39 is 16.1 Å². The zero-order valence-corrected chi connectivity index (χ0v) is 23.1. The number of benzene rings is 2. The molecule has 1 aliphatic rings. The van der Waals surface area contributed by atoms with Crippen LogP contribution in [0.4, 0.5) is 5.69 Å². The summed E-state index contributed by atoms with van der Waals surface area (Å²) in [7, 11) is -3.63. The molecule has 11 heteroatoms. The molecule has 37 heavy (non-hydrogen) atoms. The molecule has 0 unspecified atom stereocenters. The van der Waals surface area contributed by atoms with Crippen LogP contribution >= 0.6 is 11.6 Å². The lowest BCUT2D eigenvalue weighted by Gasteiger charge is -2.30.